The molecule has 724 valence electrons. The number of ketones is 3. The van der Waals surface area contributed by atoms with Crippen LogP contribution < -0.4 is 30.1 Å². The fourth-order valence-corrected chi connectivity index (χ4v) is 16.4. The van der Waals surface area contributed by atoms with E-state index in [0.29, 0.717) is 0 Å². The van der Waals surface area contributed by atoms with Gasteiger partial charge in [0, 0.05) is 68.1 Å². The summed E-state index contributed by atoms with van der Waals surface area (Å²) in [5, 5.41) is 32.0. The van der Waals surface area contributed by atoms with Crippen molar-refractivity contribution in [1.29, 1.82) is 0 Å². The maximum atomic E-state index is 14.7. The van der Waals surface area contributed by atoms with Gasteiger partial charge < -0.3 is 59.4 Å². The van der Waals surface area contributed by atoms with E-state index >= 15 is 0 Å². The summed E-state index contributed by atoms with van der Waals surface area (Å²) < 4.78 is 23.3. The summed E-state index contributed by atoms with van der Waals surface area (Å²) in [6, 6.07) is 33.0. The minimum Gasteiger partial charge on any atom is -0.544 e. The molecule has 6 aromatic rings. The van der Waals surface area contributed by atoms with Crippen LogP contribution in [0.2, 0.25) is 36.3 Å². The molecular formula is C100H144N14O17Si2. The van der Waals surface area contributed by atoms with Gasteiger partial charge in [0.25, 0.3) is 0 Å². The Bertz CT molecular complexity index is 5240. The molecule has 0 saturated carbocycles. The molecule has 0 radical (unpaired) electrons. The molecule has 5 N–H and O–H groups in total. The number of benzene rings is 6. The number of aliphatic carboxylic acids is 1. The maximum Gasteiger partial charge on any atom is 0.410 e. The molecule has 12 atom stereocenters. The smallest absolute Gasteiger partial charge is 0.410 e. The molecule has 2 aliphatic heterocycles. The van der Waals surface area contributed by atoms with Crippen LogP contribution in [0.25, 0.3) is 42.4 Å². The molecule has 1 unspecified atom stereocenters. The molecule has 133 heavy (non-hydrogen) atoms. The largest absolute Gasteiger partial charge is 0.544 e. The fourth-order valence-electron chi connectivity index (χ4n) is 14.3. The second-order valence-corrected chi connectivity index (χ2v) is 51.9. The average Bonchev–Trinajstić information content (AvgIpc) is 1.67. The summed E-state index contributed by atoms with van der Waals surface area (Å²) in [7, 11) is -1.28. The minimum atomic E-state index is -2.09. The number of carbonyl (C=O) groups excluding carboxylic acids is 11. The number of amides is 8. The van der Waals surface area contributed by atoms with Crippen LogP contribution in [0.3, 0.4) is 0 Å². The zero-order valence-electron chi connectivity index (χ0n) is 83.4. The van der Waals surface area contributed by atoms with Crippen molar-refractivity contribution in [2.75, 3.05) is 27.2 Å². The molecule has 2 fully saturated rings. The number of hydrogen-bond acceptors (Lipinski definition) is 18. The molecule has 0 spiro atoms. The van der Waals surface area contributed by atoms with Crippen molar-refractivity contribution in [3.8, 4) is 11.5 Å². The molecule has 2 heterocycles. The number of ether oxygens (including phenoxy) is 2. The Labute approximate surface area is 786 Å². The number of nitrogens with zero attached hydrogens (tertiary/aromatic N) is 10. The van der Waals surface area contributed by atoms with Gasteiger partial charge in [0.1, 0.15) is 52.9 Å². The van der Waals surface area contributed by atoms with Crippen molar-refractivity contribution in [3.63, 3.8) is 0 Å². The van der Waals surface area contributed by atoms with Gasteiger partial charge in [0.2, 0.25) is 52.1 Å². The summed E-state index contributed by atoms with van der Waals surface area (Å²) in [5.41, 5.74) is 19.2. The zero-order valence-corrected chi connectivity index (χ0v) is 85.4. The van der Waals surface area contributed by atoms with Crippen LogP contribution in [-0.4, -0.2) is 211 Å². The van der Waals surface area contributed by atoms with E-state index in [-0.39, 0.29) is 96.8 Å². The molecule has 33 heteroatoms. The number of hydrogen-bond donors (Lipinski definition) is 5. The predicted molar refractivity (Wildman–Crippen MR) is 522 cm³/mol. The molecule has 0 aliphatic carbocycles. The fraction of sp³-hybridized carbons (Fsp3) is 0.560. The Morgan fingerprint density at radius 1 is 0.459 bits per heavy atom. The van der Waals surface area contributed by atoms with Crippen LogP contribution in [0, 0.1) is 22.7 Å². The number of fused-ring (bicyclic) bond motifs is 2. The van der Waals surface area contributed by atoms with Gasteiger partial charge in [-0.2, -0.15) is 0 Å². The highest BCUT2D eigenvalue weighted by molar-refractivity contribution is 6.75. The van der Waals surface area contributed by atoms with Gasteiger partial charge in [0.05, 0.1) is 30.2 Å². The van der Waals surface area contributed by atoms with Crippen molar-refractivity contribution in [2.45, 2.75) is 312 Å². The van der Waals surface area contributed by atoms with Crippen molar-refractivity contribution in [3.05, 3.63) is 177 Å². The van der Waals surface area contributed by atoms with Crippen molar-refractivity contribution >= 4 is 109 Å². The normalized spacial score (nSPS) is 17.2. The summed E-state index contributed by atoms with van der Waals surface area (Å²) >= 11 is 0. The molecule has 2 aliphatic rings. The SMILES string of the molecule is CC(=O)[C@H](Cc1ccc(O[Si](C)(C)C(C)(C)C)cc1)NC(=O)[C@H](Cc1ccc2ccccc2c1)NC(=O)[C@@H]1C[C@H](N=[N+]=[N-])CN1C(=O)[C@@H](C)C(C)(C)C.CC(=O)[C@H](Cc1ccc(O[Si](C)(C)C(C)(C)C)cc1)NC(=O)[C@H](Cc1ccc2ccccc2c1)NC(=O)[C@@H]1C[C@H](N=[N+]=[N-])CN1C(=O)[C@@H](CC(=O)C(C)N(C)C(=O)OC(C)(C)C)C(C)(C)C.C[C@@H](C(=O)O)N(C)C(=O)OC(C)(C)C. The lowest BCUT2D eigenvalue weighted by Gasteiger charge is -2.36. The van der Waals surface area contributed by atoms with Crippen LogP contribution in [0.15, 0.2) is 144 Å². The molecule has 6 aromatic carbocycles. The first-order valence-electron chi connectivity index (χ1n) is 45.5. The summed E-state index contributed by atoms with van der Waals surface area (Å²) in [4.78, 5) is 171. The lowest BCUT2D eigenvalue weighted by atomic mass is 9.76. The second-order valence-electron chi connectivity index (χ2n) is 42.4. The molecule has 0 bridgehead atoms. The maximum absolute atomic E-state index is 14.7. The van der Waals surface area contributed by atoms with Crippen molar-refractivity contribution in [1.82, 2.24) is 40.9 Å². The van der Waals surface area contributed by atoms with E-state index in [1.165, 1.54) is 49.6 Å². The Morgan fingerprint density at radius 2 is 0.789 bits per heavy atom. The van der Waals surface area contributed by atoms with Crippen LogP contribution in [0.4, 0.5) is 9.59 Å². The highest BCUT2D eigenvalue weighted by Crippen LogP contribution is 2.41. The van der Waals surface area contributed by atoms with Crippen molar-refractivity contribution in [2.24, 2.45) is 32.9 Å². The highest BCUT2D eigenvalue weighted by Gasteiger charge is 2.49. The number of likely N-dealkylation sites (N-methyl/N-ethyl adjacent to an activating group) is 2. The van der Waals surface area contributed by atoms with Gasteiger partial charge in [-0.3, -0.25) is 48.1 Å². The molecular weight excluding hydrogens is 1730 g/mol. The molecule has 0 aromatic heterocycles. The third kappa shape index (κ3) is 32.3. The molecule has 8 amide bonds. The quantitative estimate of drug-likeness (QED) is 0.0113. The van der Waals surface area contributed by atoms with Gasteiger partial charge in [0.15, 0.2) is 17.3 Å². The second kappa shape index (κ2) is 45.8. The first-order chi connectivity index (χ1) is 61.3. The first-order valence-corrected chi connectivity index (χ1v) is 51.3. The highest BCUT2D eigenvalue weighted by atomic mass is 28.4. The number of Topliss-reactive ketones (excluding diaryl/α,β-unsaturated/α-hetero) is 3. The molecule has 2 saturated heterocycles. The summed E-state index contributed by atoms with van der Waals surface area (Å²) in [5.74, 6) is -4.83. The Kier molecular flexibility index (Phi) is 37.9. The van der Waals surface area contributed by atoms with E-state index in [1.807, 2.05) is 182 Å². The lowest BCUT2D eigenvalue weighted by molar-refractivity contribution is -0.147. The number of carboxylic acid groups (broad SMARTS) is 1. The van der Waals surface area contributed by atoms with E-state index in [1.54, 1.807) is 48.5 Å². The predicted octanol–water partition coefficient (Wildman–Crippen LogP) is 17.6. The van der Waals surface area contributed by atoms with Crippen LogP contribution in [-0.2, 0) is 83.1 Å². The van der Waals surface area contributed by atoms with Gasteiger partial charge in [-0.05, 0) is 221 Å². The van der Waals surface area contributed by atoms with Gasteiger partial charge in [-0.1, -0.05) is 209 Å². The standard InChI is InChI=1S/C50H71N7O8Si.C41H56N6O5Si.C9H17NO4/c1-31(56(12)47(63)64-49(6,7)8)43(59)29-39(48(3,4)5)46(62)57-30-37(54-55-51)28-42(57)45(61)53-41(27-34-19-22-35-17-15-16-18-36(35)25-34)44(60)52-40(32(2)58)26-33-20-23-38(24-21-33)65-66(13,14)50(9,10)11;1-26(40(3,4)5)39(51)47-25-32(45-46-42)24-36(47)38(50)44-35(23-29-15-18-30-13-11-12-14-31(30)21-29)37(49)43-34(27(2)48)22-28-16-19-33(20-17-28)52-53(9,10)41(6,7)8;1-6(7(11)12)10(5)8(13)14-9(2,3)4/h15-25,31,37,39-42H,26-30H2,1-14H3,(H,52,60)(H,53,61);11-21,26,32,34-36H,22-25H2,1-10H3,(H,43,49)(H,44,50);6H,1-5H3,(H,11,12)/t31?,37-,39+,40-,41-,42-;26-,32+,34+,35+,36+;6-/m010/s1. The summed E-state index contributed by atoms with van der Waals surface area (Å²) in [6.07, 6.45) is -0.827. The molecule has 31 nitrogen and oxygen atoms in total. The third-order valence-corrected chi connectivity index (χ3v) is 34.1. The van der Waals surface area contributed by atoms with E-state index in [4.69, 9.17) is 29.0 Å². The minimum absolute atomic E-state index is 0.00348. The third-order valence-electron chi connectivity index (χ3n) is 25.4. The number of carbonyl (C=O) groups is 12. The van der Waals surface area contributed by atoms with Crippen molar-refractivity contribution < 1.29 is 81.0 Å². The van der Waals surface area contributed by atoms with E-state index in [9.17, 15) is 63.1 Å². The Balaban J connectivity index is 0.000000363. The number of rotatable bonds is 32. The topological polar surface area (TPSA) is 421 Å². The van der Waals surface area contributed by atoms with E-state index in [0.717, 1.165) is 60.2 Å². The van der Waals surface area contributed by atoms with E-state index in [2.05, 4.69) is 109 Å². The van der Waals surface area contributed by atoms with Crippen LogP contribution in [0.1, 0.15) is 201 Å². The number of likely N-dealkylation sites (tertiary alicyclic amines) is 2. The van der Waals surface area contributed by atoms with Gasteiger partial charge in [-0.15, -0.1) is 0 Å². The number of carboxylic acids is 1. The van der Waals surface area contributed by atoms with Gasteiger partial charge in [-0.25, -0.2) is 14.4 Å². The number of azide groups is 2. The zero-order chi connectivity index (χ0) is 100. The Morgan fingerprint density at radius 3 is 1.11 bits per heavy atom. The molecule has 8 rings (SSSR count). The lowest BCUT2D eigenvalue weighted by Crippen LogP contribution is -2.57. The van der Waals surface area contributed by atoms with Crippen LogP contribution in [0.5, 0.6) is 11.5 Å². The van der Waals surface area contributed by atoms with Gasteiger partial charge >= 0.3 is 18.2 Å². The average molecular weight is 1870 g/mol. The van der Waals surface area contributed by atoms with Crippen LogP contribution >= 0.6 is 0 Å². The number of nitrogens with one attached hydrogen (secondary N) is 4. The monoisotopic (exact) mass is 1870 g/mol. The Hall–Kier alpha value is -11.7. The first kappa shape index (κ1) is 110. The van der Waals surface area contributed by atoms with E-state index < -0.39 is 153 Å². The summed E-state index contributed by atoms with van der Waals surface area (Å²) in [6.45, 7) is 51.1.